The topological polar surface area (TPSA) is 84.5 Å². The monoisotopic (exact) mass is 445 g/mol. The van der Waals surface area contributed by atoms with Crippen LogP contribution in [0, 0.1) is 17.0 Å². The molecule has 0 saturated heterocycles. The normalized spacial score (nSPS) is 16.8. The first-order valence-corrected chi connectivity index (χ1v) is 8.45. The molecule has 0 aromatic heterocycles. The van der Waals surface area contributed by atoms with E-state index < -0.39 is 21.5 Å². The summed E-state index contributed by atoms with van der Waals surface area (Å²) >= 11 is 0. The van der Waals surface area contributed by atoms with Crippen LogP contribution in [-0.4, -0.2) is 32.9 Å². The Morgan fingerprint density at radius 2 is 2.05 bits per heavy atom. The van der Waals surface area contributed by atoms with Gasteiger partial charge < -0.3 is 11.1 Å². The maximum Gasteiger partial charge on any atom is 0.193 e. The Kier molecular flexibility index (Phi) is 6.13. The van der Waals surface area contributed by atoms with Crippen LogP contribution in [0.2, 0.25) is 0 Å². The molecule has 5 nitrogen and oxygen atoms in total. The van der Waals surface area contributed by atoms with E-state index in [4.69, 9.17) is 5.73 Å². The van der Waals surface area contributed by atoms with Crippen molar-refractivity contribution in [3.8, 4) is 0 Å². The van der Waals surface area contributed by atoms with E-state index in [0.717, 1.165) is 31.0 Å². The summed E-state index contributed by atoms with van der Waals surface area (Å²) in [5.74, 6) is -1.25. The molecule has 0 bridgehead atoms. The summed E-state index contributed by atoms with van der Waals surface area (Å²) in [4.78, 5) is 4.04. The predicted molar refractivity (Wildman–Crippen MR) is 93.3 cm³/mol. The van der Waals surface area contributed by atoms with Crippen molar-refractivity contribution in [1.82, 2.24) is 0 Å². The zero-order valence-corrected chi connectivity index (χ0v) is 15.1. The maximum absolute atomic E-state index is 13.4. The van der Waals surface area contributed by atoms with Crippen LogP contribution in [0.25, 0.3) is 0 Å². The molecule has 0 heterocycles. The maximum atomic E-state index is 13.4. The smallest absolute Gasteiger partial charge is 0.193 e. The molecule has 1 fully saturated rings. The average molecular weight is 445 g/mol. The highest BCUT2D eigenvalue weighted by molar-refractivity contribution is 14.0. The number of benzene rings is 1. The second-order valence-electron chi connectivity index (χ2n) is 5.52. The third-order valence-corrected chi connectivity index (χ3v) is 4.44. The van der Waals surface area contributed by atoms with Gasteiger partial charge in [0.15, 0.2) is 5.96 Å². The first kappa shape index (κ1) is 19.1. The second kappa shape index (κ2) is 7.07. The number of rotatable bonds is 5. The number of anilines is 1. The zero-order chi connectivity index (χ0) is 15.7. The summed E-state index contributed by atoms with van der Waals surface area (Å²) in [6, 6.07) is 2.96. The standard InChI is InChI=1S/C13H17F2N3O2S.HI/c1-21(19,20)8-13(4-5-13)7-17-12(16)18-11-6-9(14)2-3-10(11)15;/h2-3,6H,4-5,7-8H2,1H3,(H3,16,17,18);1H. The SMILES string of the molecule is CS(=O)(=O)CC1(CN=C(N)Nc2cc(F)ccc2F)CC1.I. The first-order valence-electron chi connectivity index (χ1n) is 6.39. The quantitative estimate of drug-likeness (QED) is 0.413. The third-order valence-electron chi connectivity index (χ3n) is 3.30. The van der Waals surface area contributed by atoms with Crippen molar-refractivity contribution in [1.29, 1.82) is 0 Å². The van der Waals surface area contributed by atoms with Crippen LogP contribution in [0.3, 0.4) is 0 Å². The summed E-state index contributed by atoms with van der Waals surface area (Å²) in [7, 11) is -3.08. The molecule has 0 unspecified atom stereocenters. The molecule has 2 rings (SSSR count). The van der Waals surface area contributed by atoms with E-state index in [-0.39, 0.29) is 53.3 Å². The van der Waals surface area contributed by atoms with E-state index >= 15 is 0 Å². The van der Waals surface area contributed by atoms with E-state index in [2.05, 4.69) is 10.3 Å². The predicted octanol–water partition coefficient (Wildman–Crippen LogP) is 2.13. The average Bonchev–Trinajstić information content (AvgIpc) is 3.09. The van der Waals surface area contributed by atoms with Crippen LogP contribution in [0.15, 0.2) is 23.2 Å². The molecule has 1 aromatic rings. The Hall–Kier alpha value is -0.970. The van der Waals surface area contributed by atoms with Gasteiger partial charge in [0, 0.05) is 24.3 Å². The van der Waals surface area contributed by atoms with E-state index in [0.29, 0.717) is 0 Å². The minimum absolute atomic E-state index is 0. The molecule has 3 N–H and O–H groups in total. The van der Waals surface area contributed by atoms with Crippen molar-refractivity contribution in [2.75, 3.05) is 23.9 Å². The Labute approximate surface area is 145 Å². The molecular formula is C13H18F2IN3O2S. The van der Waals surface area contributed by atoms with E-state index in [1.165, 1.54) is 6.26 Å². The van der Waals surface area contributed by atoms with Crippen LogP contribution in [0.1, 0.15) is 12.8 Å². The fourth-order valence-corrected chi connectivity index (χ4v) is 3.60. The Morgan fingerprint density at radius 3 is 2.59 bits per heavy atom. The highest BCUT2D eigenvalue weighted by atomic mass is 127. The van der Waals surface area contributed by atoms with Crippen LogP contribution in [0.4, 0.5) is 14.5 Å². The van der Waals surface area contributed by atoms with Crippen molar-refractivity contribution >= 4 is 45.5 Å². The summed E-state index contributed by atoms with van der Waals surface area (Å²) in [6.45, 7) is 0.246. The number of sulfone groups is 1. The summed E-state index contributed by atoms with van der Waals surface area (Å²) < 4.78 is 49.1. The number of guanidine groups is 1. The number of nitrogens with one attached hydrogen (secondary N) is 1. The molecule has 1 aromatic carbocycles. The second-order valence-corrected chi connectivity index (χ2v) is 7.66. The Bertz CT molecular complexity index is 676. The molecule has 22 heavy (non-hydrogen) atoms. The van der Waals surface area contributed by atoms with Gasteiger partial charge >= 0.3 is 0 Å². The number of aliphatic imine (C=N–C) groups is 1. The molecule has 1 aliphatic rings. The summed E-state index contributed by atoms with van der Waals surface area (Å²) in [6.07, 6.45) is 2.72. The number of halogens is 3. The van der Waals surface area contributed by atoms with Gasteiger partial charge in [0.05, 0.1) is 11.4 Å². The van der Waals surface area contributed by atoms with Gasteiger partial charge in [-0.05, 0) is 25.0 Å². The Balaban J connectivity index is 0.00000242. The van der Waals surface area contributed by atoms with Crippen LogP contribution in [-0.2, 0) is 9.84 Å². The molecule has 0 amide bonds. The molecule has 1 aliphatic carbocycles. The van der Waals surface area contributed by atoms with Gasteiger partial charge in [-0.1, -0.05) is 0 Å². The van der Waals surface area contributed by atoms with Crippen molar-refractivity contribution < 1.29 is 17.2 Å². The lowest BCUT2D eigenvalue weighted by molar-refractivity contribution is 0.552. The number of hydrogen-bond donors (Lipinski definition) is 2. The molecule has 1 saturated carbocycles. The van der Waals surface area contributed by atoms with Crippen LogP contribution < -0.4 is 11.1 Å². The fourth-order valence-electron chi connectivity index (χ4n) is 2.10. The fraction of sp³-hybridized carbons (Fsp3) is 0.462. The molecule has 0 spiro atoms. The number of nitrogens with two attached hydrogens (primary N) is 1. The van der Waals surface area contributed by atoms with Gasteiger partial charge in [0.1, 0.15) is 21.5 Å². The van der Waals surface area contributed by atoms with E-state index in [1.807, 2.05) is 0 Å². The van der Waals surface area contributed by atoms with Crippen LogP contribution in [0.5, 0.6) is 0 Å². The highest BCUT2D eigenvalue weighted by Gasteiger charge is 2.45. The zero-order valence-electron chi connectivity index (χ0n) is 12.0. The van der Waals surface area contributed by atoms with Crippen molar-refractivity contribution in [3.63, 3.8) is 0 Å². The minimum atomic E-state index is -3.08. The van der Waals surface area contributed by atoms with Gasteiger partial charge in [-0.2, -0.15) is 0 Å². The largest absolute Gasteiger partial charge is 0.370 e. The third kappa shape index (κ3) is 5.67. The molecule has 124 valence electrons. The number of hydrogen-bond acceptors (Lipinski definition) is 3. The molecule has 0 atom stereocenters. The lowest BCUT2D eigenvalue weighted by atomic mass is 10.1. The van der Waals surface area contributed by atoms with Crippen molar-refractivity contribution in [2.24, 2.45) is 16.1 Å². The molecular weight excluding hydrogens is 427 g/mol. The number of nitrogens with zero attached hydrogens (tertiary/aromatic N) is 1. The van der Waals surface area contributed by atoms with Crippen molar-refractivity contribution in [2.45, 2.75) is 12.8 Å². The van der Waals surface area contributed by atoms with E-state index in [1.54, 1.807) is 0 Å². The summed E-state index contributed by atoms with van der Waals surface area (Å²) in [5.41, 5.74) is 5.16. The van der Waals surface area contributed by atoms with Gasteiger partial charge in [0.2, 0.25) is 0 Å². The van der Waals surface area contributed by atoms with Gasteiger partial charge in [0.25, 0.3) is 0 Å². The Morgan fingerprint density at radius 1 is 1.41 bits per heavy atom. The van der Waals surface area contributed by atoms with Crippen molar-refractivity contribution in [3.05, 3.63) is 29.8 Å². The summed E-state index contributed by atoms with van der Waals surface area (Å²) in [5, 5.41) is 2.48. The molecule has 0 radical (unpaired) electrons. The lowest BCUT2D eigenvalue weighted by Crippen LogP contribution is -2.26. The van der Waals surface area contributed by atoms with Gasteiger partial charge in [-0.15, -0.1) is 24.0 Å². The van der Waals surface area contributed by atoms with E-state index in [9.17, 15) is 17.2 Å². The minimum Gasteiger partial charge on any atom is -0.370 e. The van der Waals surface area contributed by atoms with Gasteiger partial charge in [-0.3, -0.25) is 4.99 Å². The highest BCUT2D eigenvalue weighted by Crippen LogP contribution is 2.46. The molecule has 9 heteroatoms. The molecule has 0 aliphatic heterocycles. The van der Waals surface area contributed by atoms with Gasteiger partial charge in [-0.25, -0.2) is 17.2 Å². The first-order chi connectivity index (χ1) is 9.69. The van der Waals surface area contributed by atoms with Crippen LogP contribution >= 0.6 is 24.0 Å². The lowest BCUT2D eigenvalue weighted by Gasteiger charge is -2.12.